The van der Waals surface area contributed by atoms with Gasteiger partial charge in [-0.25, -0.2) is 0 Å². The van der Waals surface area contributed by atoms with Crippen molar-refractivity contribution < 1.29 is 9.90 Å². The number of aliphatic hydroxyl groups excluding tert-OH is 1. The van der Waals surface area contributed by atoms with Gasteiger partial charge in [-0.2, -0.15) is 5.10 Å². The molecule has 1 aromatic heterocycles. The van der Waals surface area contributed by atoms with E-state index in [4.69, 9.17) is 0 Å². The summed E-state index contributed by atoms with van der Waals surface area (Å²) in [6.07, 6.45) is 3.83. The molecule has 1 N–H and O–H groups in total. The fraction of sp³-hybridized carbons (Fsp3) is 0.789. The molecule has 2 atom stereocenters. The van der Waals surface area contributed by atoms with Crippen LogP contribution < -0.4 is 0 Å². The molecule has 1 saturated heterocycles. The van der Waals surface area contributed by atoms with Crippen LogP contribution in [0.2, 0.25) is 0 Å². The molecule has 1 amide bonds. The fourth-order valence-corrected chi connectivity index (χ4v) is 3.76. The van der Waals surface area contributed by atoms with Crippen molar-refractivity contribution in [2.24, 2.45) is 5.92 Å². The lowest BCUT2D eigenvalue weighted by molar-refractivity contribution is -0.137. The molecule has 0 aromatic carbocycles. The molecule has 2 rings (SSSR count). The molecule has 1 aliphatic rings. The Morgan fingerprint density at radius 1 is 1.29 bits per heavy atom. The van der Waals surface area contributed by atoms with Gasteiger partial charge in [0, 0.05) is 25.2 Å². The van der Waals surface area contributed by atoms with Gasteiger partial charge < -0.3 is 10.0 Å². The lowest BCUT2D eigenvalue weighted by Gasteiger charge is -2.37. The standard InChI is InChI=1S/C19H33N3O2/c1-13(2)12-22-15(4)17(14(3)20-22)9-10-19(24)21-11-7-6-8-18(21)16(5)23/h13,16,18,23H,6-12H2,1-5H3. The number of aromatic nitrogens is 2. The second-order valence-electron chi connectivity index (χ2n) is 7.62. The summed E-state index contributed by atoms with van der Waals surface area (Å²) in [6, 6.07) is -0.0166. The molecule has 2 unspecified atom stereocenters. The zero-order valence-corrected chi connectivity index (χ0v) is 15.9. The normalized spacial score (nSPS) is 19.8. The number of likely N-dealkylation sites (tertiary alicyclic amines) is 1. The minimum atomic E-state index is -0.452. The van der Waals surface area contributed by atoms with Gasteiger partial charge in [-0.3, -0.25) is 9.48 Å². The molecule has 136 valence electrons. The van der Waals surface area contributed by atoms with E-state index in [-0.39, 0.29) is 11.9 Å². The number of carbonyl (C=O) groups is 1. The first-order chi connectivity index (χ1) is 11.3. The fourth-order valence-electron chi connectivity index (χ4n) is 3.76. The van der Waals surface area contributed by atoms with Crippen LogP contribution in [-0.2, 0) is 17.8 Å². The molecule has 24 heavy (non-hydrogen) atoms. The Morgan fingerprint density at radius 2 is 2.00 bits per heavy atom. The van der Waals surface area contributed by atoms with Gasteiger partial charge in [-0.15, -0.1) is 0 Å². The summed E-state index contributed by atoms with van der Waals surface area (Å²) in [4.78, 5) is 14.6. The Balaban J connectivity index is 2.02. The largest absolute Gasteiger partial charge is 0.391 e. The van der Waals surface area contributed by atoms with Crippen molar-refractivity contribution in [1.82, 2.24) is 14.7 Å². The predicted molar refractivity (Wildman–Crippen MR) is 95.9 cm³/mol. The molecule has 0 aliphatic carbocycles. The van der Waals surface area contributed by atoms with Crippen molar-refractivity contribution in [2.75, 3.05) is 6.54 Å². The summed E-state index contributed by atoms with van der Waals surface area (Å²) < 4.78 is 2.07. The zero-order chi connectivity index (χ0) is 17.9. The zero-order valence-electron chi connectivity index (χ0n) is 15.9. The van der Waals surface area contributed by atoms with Crippen molar-refractivity contribution >= 4 is 5.91 Å². The van der Waals surface area contributed by atoms with Crippen LogP contribution in [0.25, 0.3) is 0 Å². The molecule has 0 radical (unpaired) electrons. The Morgan fingerprint density at radius 3 is 2.62 bits per heavy atom. The minimum absolute atomic E-state index is 0.0166. The molecule has 0 spiro atoms. The lowest BCUT2D eigenvalue weighted by Crippen LogP contribution is -2.49. The van der Waals surface area contributed by atoms with E-state index < -0.39 is 6.10 Å². The highest BCUT2D eigenvalue weighted by atomic mass is 16.3. The Kier molecular flexibility index (Phi) is 6.44. The van der Waals surface area contributed by atoms with Crippen LogP contribution in [0.3, 0.4) is 0 Å². The van der Waals surface area contributed by atoms with Crippen LogP contribution in [-0.4, -0.2) is 44.4 Å². The van der Waals surface area contributed by atoms with Gasteiger partial charge in [0.1, 0.15) is 0 Å². The van der Waals surface area contributed by atoms with Crippen molar-refractivity contribution in [3.05, 3.63) is 17.0 Å². The van der Waals surface area contributed by atoms with Crippen molar-refractivity contribution in [3.63, 3.8) is 0 Å². The number of rotatable bonds is 6. The SMILES string of the molecule is Cc1nn(CC(C)C)c(C)c1CCC(=O)N1CCCCC1C(C)O. The van der Waals surface area contributed by atoms with E-state index in [1.807, 2.05) is 11.8 Å². The van der Waals surface area contributed by atoms with E-state index in [0.29, 0.717) is 12.3 Å². The first-order valence-electron chi connectivity index (χ1n) is 9.31. The number of piperidine rings is 1. The summed E-state index contributed by atoms with van der Waals surface area (Å²) in [5, 5.41) is 14.6. The molecule has 5 nitrogen and oxygen atoms in total. The van der Waals surface area contributed by atoms with Gasteiger partial charge in [0.05, 0.1) is 17.8 Å². The van der Waals surface area contributed by atoms with Crippen molar-refractivity contribution in [2.45, 2.75) is 85.4 Å². The first-order valence-corrected chi connectivity index (χ1v) is 9.31. The van der Waals surface area contributed by atoms with E-state index in [1.54, 1.807) is 6.92 Å². The quantitative estimate of drug-likeness (QED) is 0.869. The van der Waals surface area contributed by atoms with Gasteiger partial charge >= 0.3 is 0 Å². The van der Waals surface area contributed by atoms with Gasteiger partial charge in [0.25, 0.3) is 0 Å². The summed E-state index contributed by atoms with van der Waals surface area (Å²) in [5.74, 6) is 0.716. The monoisotopic (exact) mass is 335 g/mol. The van der Waals surface area contributed by atoms with Crippen molar-refractivity contribution in [3.8, 4) is 0 Å². The summed E-state index contributed by atoms with van der Waals surface area (Å²) in [7, 11) is 0. The van der Waals surface area contributed by atoms with Gasteiger partial charge in [0.15, 0.2) is 0 Å². The number of amides is 1. The van der Waals surface area contributed by atoms with Crippen LogP contribution >= 0.6 is 0 Å². The molecular weight excluding hydrogens is 302 g/mol. The maximum absolute atomic E-state index is 12.7. The highest BCUT2D eigenvalue weighted by molar-refractivity contribution is 5.77. The Bertz CT molecular complexity index is 563. The maximum Gasteiger partial charge on any atom is 0.223 e. The third kappa shape index (κ3) is 4.38. The molecule has 0 saturated carbocycles. The highest BCUT2D eigenvalue weighted by Crippen LogP contribution is 2.22. The van der Waals surface area contributed by atoms with Crippen LogP contribution in [0.15, 0.2) is 0 Å². The van der Waals surface area contributed by atoms with Crippen molar-refractivity contribution in [1.29, 1.82) is 0 Å². The first kappa shape index (κ1) is 19.0. The number of hydrogen-bond acceptors (Lipinski definition) is 3. The second-order valence-corrected chi connectivity index (χ2v) is 7.62. The number of aryl methyl sites for hydroxylation is 1. The van der Waals surface area contributed by atoms with Gasteiger partial charge in [-0.05, 0) is 57.9 Å². The van der Waals surface area contributed by atoms with E-state index >= 15 is 0 Å². The molecule has 0 bridgehead atoms. The number of carbonyl (C=O) groups excluding carboxylic acids is 1. The Labute approximate surface area is 146 Å². The third-order valence-corrected chi connectivity index (χ3v) is 5.08. The average molecular weight is 335 g/mol. The van der Waals surface area contributed by atoms with Gasteiger partial charge in [0.2, 0.25) is 5.91 Å². The highest BCUT2D eigenvalue weighted by Gasteiger charge is 2.29. The molecule has 5 heteroatoms. The van der Waals surface area contributed by atoms with E-state index in [2.05, 4.69) is 30.6 Å². The summed E-state index contributed by atoms with van der Waals surface area (Å²) >= 11 is 0. The molecule has 2 heterocycles. The van der Waals surface area contributed by atoms with E-state index in [9.17, 15) is 9.90 Å². The minimum Gasteiger partial charge on any atom is -0.391 e. The summed E-state index contributed by atoms with van der Waals surface area (Å²) in [6.45, 7) is 12.0. The molecular formula is C19H33N3O2. The number of aliphatic hydroxyl groups is 1. The topological polar surface area (TPSA) is 58.4 Å². The predicted octanol–water partition coefficient (Wildman–Crippen LogP) is 2.85. The molecule has 1 aromatic rings. The number of nitrogens with zero attached hydrogens (tertiary/aromatic N) is 3. The molecule has 1 aliphatic heterocycles. The second kappa shape index (κ2) is 8.15. The maximum atomic E-state index is 12.7. The average Bonchev–Trinajstić information content (AvgIpc) is 2.78. The summed E-state index contributed by atoms with van der Waals surface area (Å²) in [5.41, 5.74) is 3.42. The van der Waals surface area contributed by atoms with Crippen LogP contribution in [0.5, 0.6) is 0 Å². The Hall–Kier alpha value is -1.36. The smallest absolute Gasteiger partial charge is 0.223 e. The van der Waals surface area contributed by atoms with Crippen LogP contribution in [0.1, 0.15) is 63.4 Å². The molecule has 1 fully saturated rings. The van der Waals surface area contributed by atoms with Crippen LogP contribution in [0.4, 0.5) is 0 Å². The number of hydrogen-bond donors (Lipinski definition) is 1. The van der Waals surface area contributed by atoms with Gasteiger partial charge in [-0.1, -0.05) is 13.8 Å². The lowest BCUT2D eigenvalue weighted by atomic mass is 9.97. The van der Waals surface area contributed by atoms with E-state index in [1.165, 1.54) is 11.3 Å². The van der Waals surface area contributed by atoms with Crippen LogP contribution in [0, 0.1) is 19.8 Å². The third-order valence-electron chi connectivity index (χ3n) is 5.08. The van der Waals surface area contributed by atoms with E-state index in [0.717, 1.165) is 44.5 Å².